The second-order valence-electron chi connectivity index (χ2n) is 7.55. The Hall–Kier alpha value is -4.74. The van der Waals surface area contributed by atoms with Crippen molar-refractivity contribution in [3.8, 4) is 46.0 Å². The third kappa shape index (κ3) is 5.27. The first-order chi connectivity index (χ1) is 18.0. The van der Waals surface area contributed by atoms with E-state index in [0.29, 0.717) is 57.2 Å². The van der Waals surface area contributed by atoms with Gasteiger partial charge in [-0.1, -0.05) is 0 Å². The van der Waals surface area contributed by atoms with E-state index in [9.17, 15) is 4.79 Å². The highest BCUT2D eigenvalue weighted by molar-refractivity contribution is 5.95. The van der Waals surface area contributed by atoms with Gasteiger partial charge in [0.2, 0.25) is 11.6 Å². The van der Waals surface area contributed by atoms with Gasteiger partial charge in [-0.15, -0.1) is 15.3 Å². The zero-order valence-corrected chi connectivity index (χ0v) is 21.1. The smallest absolute Gasteiger partial charge is 0.251 e. The third-order valence-electron chi connectivity index (χ3n) is 5.45. The van der Waals surface area contributed by atoms with Gasteiger partial charge >= 0.3 is 0 Å². The molecule has 4 aromatic rings. The molecular formula is C25H27N5O7. The lowest BCUT2D eigenvalue weighted by atomic mass is 10.1. The minimum atomic E-state index is -0.322. The number of hydrogen-bond donors (Lipinski definition) is 1. The van der Waals surface area contributed by atoms with Gasteiger partial charge in [-0.3, -0.25) is 4.79 Å². The fourth-order valence-corrected chi connectivity index (χ4v) is 3.64. The molecule has 0 fully saturated rings. The Balaban J connectivity index is 1.45. The second kappa shape index (κ2) is 11.3. The number of carbonyl (C=O) groups is 1. The van der Waals surface area contributed by atoms with Gasteiger partial charge in [-0.05, 0) is 36.4 Å². The summed E-state index contributed by atoms with van der Waals surface area (Å²) in [6.45, 7) is 0.405. The van der Waals surface area contributed by atoms with Crippen LogP contribution < -0.4 is 33.7 Å². The Kier molecular flexibility index (Phi) is 7.77. The fourth-order valence-electron chi connectivity index (χ4n) is 3.64. The number of methoxy groups -OCH3 is 5. The van der Waals surface area contributed by atoms with Crippen LogP contribution in [0, 0.1) is 0 Å². The van der Waals surface area contributed by atoms with Crippen LogP contribution >= 0.6 is 0 Å². The summed E-state index contributed by atoms with van der Waals surface area (Å²) in [6.07, 6.45) is 0. The topological polar surface area (TPSA) is 128 Å². The summed E-state index contributed by atoms with van der Waals surface area (Å²) in [5, 5.41) is 15.7. The predicted molar refractivity (Wildman–Crippen MR) is 133 cm³/mol. The van der Waals surface area contributed by atoms with E-state index in [1.54, 1.807) is 61.2 Å². The van der Waals surface area contributed by atoms with Gasteiger partial charge in [0.05, 0.1) is 47.7 Å². The molecule has 2 aromatic heterocycles. The van der Waals surface area contributed by atoms with Crippen LogP contribution in [0.2, 0.25) is 0 Å². The van der Waals surface area contributed by atoms with Crippen LogP contribution in [0.25, 0.3) is 17.0 Å². The fraction of sp³-hybridized carbons (Fsp3) is 0.280. The van der Waals surface area contributed by atoms with Crippen molar-refractivity contribution in [1.82, 2.24) is 25.1 Å². The van der Waals surface area contributed by atoms with E-state index in [1.807, 2.05) is 0 Å². The Morgan fingerprint density at radius 2 is 1.57 bits per heavy atom. The summed E-state index contributed by atoms with van der Waals surface area (Å²) in [5.74, 6) is 2.89. The molecule has 4 rings (SSSR count). The van der Waals surface area contributed by atoms with Gasteiger partial charge in [0.1, 0.15) is 18.1 Å². The minimum absolute atomic E-state index is 0.175. The predicted octanol–water partition coefficient (Wildman–Crippen LogP) is 2.64. The molecule has 0 saturated heterocycles. The van der Waals surface area contributed by atoms with Crippen molar-refractivity contribution in [3.63, 3.8) is 0 Å². The van der Waals surface area contributed by atoms with Crippen molar-refractivity contribution in [3.05, 3.63) is 48.0 Å². The number of hydrogen-bond acceptors (Lipinski definition) is 10. The first-order valence-electron chi connectivity index (χ1n) is 11.2. The van der Waals surface area contributed by atoms with Crippen LogP contribution in [0.15, 0.2) is 42.5 Å². The Labute approximate surface area is 213 Å². The van der Waals surface area contributed by atoms with E-state index in [-0.39, 0.29) is 19.1 Å². The lowest BCUT2D eigenvalue weighted by Crippen LogP contribution is -2.28. The number of nitrogens with zero attached hydrogens (tertiary/aromatic N) is 4. The number of fused-ring (bicyclic) bond motifs is 1. The highest BCUT2D eigenvalue weighted by Gasteiger charge is 2.18. The molecule has 0 aliphatic rings. The van der Waals surface area contributed by atoms with E-state index in [2.05, 4.69) is 20.6 Å². The standard InChI is InChI=1S/C25H27N5O7/c1-32-16-6-7-18(33-2)17(14-16)24-28-27-21-8-9-22(29-30(21)24)37-11-10-26-25(31)15-12-19(34-3)23(36-5)20(13-15)35-4/h6-9,12-14H,10-11H2,1-5H3,(H,26,31). The van der Waals surface area contributed by atoms with Gasteiger partial charge in [-0.2, -0.15) is 4.52 Å². The van der Waals surface area contributed by atoms with E-state index < -0.39 is 0 Å². The summed E-state index contributed by atoms with van der Waals surface area (Å²) >= 11 is 0. The molecule has 0 spiro atoms. The Morgan fingerprint density at radius 1 is 0.838 bits per heavy atom. The van der Waals surface area contributed by atoms with Crippen LogP contribution in [-0.2, 0) is 0 Å². The first-order valence-corrected chi connectivity index (χ1v) is 11.2. The van der Waals surface area contributed by atoms with Crippen LogP contribution in [-0.4, -0.2) is 74.4 Å². The summed E-state index contributed by atoms with van der Waals surface area (Å²) in [6, 6.07) is 11.9. The number of amides is 1. The summed E-state index contributed by atoms with van der Waals surface area (Å²) in [4.78, 5) is 12.7. The number of nitrogens with one attached hydrogen (secondary N) is 1. The number of ether oxygens (including phenoxy) is 6. The molecule has 0 saturated carbocycles. The van der Waals surface area contributed by atoms with Crippen LogP contribution in [0.4, 0.5) is 0 Å². The van der Waals surface area contributed by atoms with E-state index >= 15 is 0 Å². The molecule has 0 unspecified atom stereocenters. The highest BCUT2D eigenvalue weighted by Crippen LogP contribution is 2.38. The molecule has 0 bridgehead atoms. The minimum Gasteiger partial charge on any atom is -0.497 e. The van der Waals surface area contributed by atoms with Crippen molar-refractivity contribution >= 4 is 11.6 Å². The molecule has 12 heteroatoms. The number of benzene rings is 2. The average Bonchev–Trinajstić information content (AvgIpc) is 3.37. The third-order valence-corrected chi connectivity index (χ3v) is 5.45. The van der Waals surface area contributed by atoms with Gasteiger partial charge in [0, 0.05) is 11.6 Å². The average molecular weight is 510 g/mol. The molecule has 37 heavy (non-hydrogen) atoms. The maximum absolute atomic E-state index is 12.7. The van der Waals surface area contributed by atoms with Crippen molar-refractivity contribution in [2.45, 2.75) is 0 Å². The maximum atomic E-state index is 12.7. The van der Waals surface area contributed by atoms with Gasteiger partial charge in [-0.25, -0.2) is 0 Å². The molecule has 0 aliphatic heterocycles. The lowest BCUT2D eigenvalue weighted by molar-refractivity contribution is 0.0945. The van der Waals surface area contributed by atoms with Gasteiger partial charge < -0.3 is 33.7 Å². The summed E-state index contributed by atoms with van der Waals surface area (Å²) < 4.78 is 34.0. The van der Waals surface area contributed by atoms with E-state index in [0.717, 1.165) is 0 Å². The van der Waals surface area contributed by atoms with Crippen LogP contribution in [0.1, 0.15) is 10.4 Å². The maximum Gasteiger partial charge on any atom is 0.251 e. The molecule has 0 aliphatic carbocycles. The van der Waals surface area contributed by atoms with Crippen LogP contribution in [0.3, 0.4) is 0 Å². The first kappa shape index (κ1) is 25.4. The lowest BCUT2D eigenvalue weighted by Gasteiger charge is -2.14. The normalized spacial score (nSPS) is 10.6. The summed E-state index contributed by atoms with van der Waals surface area (Å²) in [5.41, 5.74) is 1.55. The molecular weight excluding hydrogens is 482 g/mol. The largest absolute Gasteiger partial charge is 0.497 e. The van der Waals surface area contributed by atoms with Crippen molar-refractivity contribution in [2.24, 2.45) is 0 Å². The van der Waals surface area contributed by atoms with Crippen molar-refractivity contribution in [2.75, 3.05) is 48.7 Å². The van der Waals surface area contributed by atoms with E-state index in [4.69, 9.17) is 28.4 Å². The molecule has 194 valence electrons. The van der Waals surface area contributed by atoms with Crippen molar-refractivity contribution in [1.29, 1.82) is 0 Å². The molecule has 2 aromatic carbocycles. The van der Waals surface area contributed by atoms with Crippen molar-refractivity contribution < 1.29 is 33.2 Å². The Morgan fingerprint density at radius 3 is 2.22 bits per heavy atom. The van der Waals surface area contributed by atoms with E-state index in [1.165, 1.54) is 21.3 Å². The molecule has 2 heterocycles. The molecule has 12 nitrogen and oxygen atoms in total. The SMILES string of the molecule is COc1ccc(OC)c(-c2nnc3ccc(OCCNC(=O)c4cc(OC)c(OC)c(OC)c4)nn23)c1. The molecule has 0 radical (unpaired) electrons. The molecule has 1 amide bonds. The Bertz CT molecular complexity index is 1380. The highest BCUT2D eigenvalue weighted by atomic mass is 16.5. The number of rotatable bonds is 11. The monoisotopic (exact) mass is 509 g/mol. The molecule has 1 N–H and O–H groups in total. The van der Waals surface area contributed by atoms with Gasteiger partial charge in [0.25, 0.3) is 5.91 Å². The zero-order chi connectivity index (χ0) is 26.4. The molecule has 0 atom stereocenters. The quantitative estimate of drug-likeness (QED) is 0.301. The second-order valence-corrected chi connectivity index (χ2v) is 7.55. The number of carbonyl (C=O) groups excluding carboxylic acids is 1. The van der Waals surface area contributed by atoms with Crippen LogP contribution in [0.5, 0.6) is 34.6 Å². The summed E-state index contributed by atoms with van der Waals surface area (Å²) in [7, 11) is 7.63. The van der Waals surface area contributed by atoms with Gasteiger partial charge in [0.15, 0.2) is 23.0 Å². The zero-order valence-electron chi connectivity index (χ0n) is 21.1. The number of aromatic nitrogens is 4.